The monoisotopic (exact) mass is 332 g/mol. The summed E-state index contributed by atoms with van der Waals surface area (Å²) in [6, 6.07) is 2.10. The summed E-state index contributed by atoms with van der Waals surface area (Å²) < 4.78 is 5.45. The fraction of sp³-hybridized carbons (Fsp3) is 0.438. The third kappa shape index (κ3) is 3.61. The fourth-order valence-corrected chi connectivity index (χ4v) is 3.56. The number of aromatic nitrogens is 2. The Morgan fingerprint density at radius 2 is 2.04 bits per heavy atom. The van der Waals surface area contributed by atoms with Gasteiger partial charge in [0.1, 0.15) is 5.60 Å². The lowest BCUT2D eigenvalue weighted by Crippen LogP contribution is -2.39. The Hall–Kier alpha value is -2.15. The molecule has 0 unspecified atom stereocenters. The first-order valence-corrected chi connectivity index (χ1v) is 8.31. The van der Waals surface area contributed by atoms with E-state index >= 15 is 0 Å². The summed E-state index contributed by atoms with van der Waals surface area (Å²) in [6.07, 6.45) is 4.04. The molecule has 1 amide bonds. The Labute approximate surface area is 139 Å². The molecule has 0 aliphatic carbocycles. The van der Waals surface area contributed by atoms with Gasteiger partial charge in [0.2, 0.25) is 5.95 Å². The molecule has 1 aliphatic heterocycles. The molecule has 1 aliphatic rings. The molecule has 0 atom stereocenters. The summed E-state index contributed by atoms with van der Waals surface area (Å²) in [5, 5.41) is 0. The molecule has 2 N–H and O–H groups in total. The van der Waals surface area contributed by atoms with Gasteiger partial charge in [0, 0.05) is 34.3 Å². The standard InChI is InChI=1S/C16H20N4O2S/c1-16(2,3)22-15(21)20-5-4-12-10(9-20)6-13(23-12)11-7-18-14(17)19-8-11/h6-8H,4-5,9H2,1-3H3,(H2,17,18,19). The zero-order chi connectivity index (χ0) is 16.6. The highest BCUT2D eigenvalue weighted by molar-refractivity contribution is 7.15. The van der Waals surface area contributed by atoms with Crippen molar-refractivity contribution < 1.29 is 9.53 Å². The van der Waals surface area contributed by atoms with E-state index in [-0.39, 0.29) is 12.0 Å². The number of hydrogen-bond acceptors (Lipinski definition) is 6. The van der Waals surface area contributed by atoms with E-state index < -0.39 is 5.60 Å². The first-order valence-electron chi connectivity index (χ1n) is 7.49. The van der Waals surface area contributed by atoms with E-state index in [2.05, 4.69) is 16.0 Å². The van der Waals surface area contributed by atoms with Crippen LogP contribution in [0.1, 0.15) is 31.2 Å². The van der Waals surface area contributed by atoms with E-state index in [9.17, 15) is 4.79 Å². The number of hydrogen-bond donors (Lipinski definition) is 1. The second-order valence-corrected chi connectivity index (χ2v) is 7.68. The average Bonchev–Trinajstić information content (AvgIpc) is 2.89. The molecule has 7 heteroatoms. The number of nitrogens with zero attached hydrogens (tertiary/aromatic N) is 3. The number of fused-ring (bicyclic) bond motifs is 1. The van der Waals surface area contributed by atoms with Crippen LogP contribution in [0.4, 0.5) is 10.7 Å². The summed E-state index contributed by atoms with van der Waals surface area (Å²) in [4.78, 5) is 24.4. The number of nitrogen functional groups attached to an aromatic ring is 1. The van der Waals surface area contributed by atoms with Crippen molar-refractivity contribution in [2.75, 3.05) is 12.3 Å². The number of amides is 1. The molecule has 2 aromatic heterocycles. The lowest BCUT2D eigenvalue weighted by atomic mass is 10.1. The molecule has 0 bridgehead atoms. The zero-order valence-electron chi connectivity index (χ0n) is 13.5. The smallest absolute Gasteiger partial charge is 0.410 e. The Kier molecular flexibility index (Phi) is 3.97. The van der Waals surface area contributed by atoms with Gasteiger partial charge in [-0.3, -0.25) is 0 Å². The van der Waals surface area contributed by atoms with Crippen LogP contribution in [-0.4, -0.2) is 33.1 Å². The van der Waals surface area contributed by atoms with Gasteiger partial charge in [-0.25, -0.2) is 14.8 Å². The summed E-state index contributed by atoms with van der Waals surface area (Å²) in [6.45, 7) is 6.90. The Balaban J connectivity index is 1.77. The van der Waals surface area contributed by atoms with Crippen molar-refractivity contribution in [1.82, 2.24) is 14.9 Å². The van der Waals surface area contributed by atoms with Crippen LogP contribution in [-0.2, 0) is 17.7 Å². The van der Waals surface area contributed by atoms with Gasteiger partial charge < -0.3 is 15.4 Å². The maximum absolute atomic E-state index is 12.2. The summed E-state index contributed by atoms with van der Waals surface area (Å²) >= 11 is 1.72. The molecule has 3 rings (SSSR count). The van der Waals surface area contributed by atoms with Gasteiger partial charge in [-0.15, -0.1) is 11.3 Å². The third-order valence-electron chi connectivity index (χ3n) is 3.47. The quantitative estimate of drug-likeness (QED) is 0.868. The van der Waals surface area contributed by atoms with Crippen LogP contribution >= 0.6 is 11.3 Å². The van der Waals surface area contributed by atoms with E-state index in [1.165, 1.54) is 10.4 Å². The van der Waals surface area contributed by atoms with E-state index in [1.54, 1.807) is 28.6 Å². The van der Waals surface area contributed by atoms with Crippen LogP contribution in [0, 0.1) is 0 Å². The van der Waals surface area contributed by atoms with Crippen LogP contribution in [0.25, 0.3) is 10.4 Å². The molecule has 0 spiro atoms. The molecular formula is C16H20N4O2S. The van der Waals surface area contributed by atoms with Crippen molar-refractivity contribution in [1.29, 1.82) is 0 Å². The van der Waals surface area contributed by atoms with Gasteiger partial charge in [0.15, 0.2) is 0 Å². The number of carbonyl (C=O) groups is 1. The minimum Gasteiger partial charge on any atom is -0.444 e. The number of ether oxygens (including phenoxy) is 1. The van der Waals surface area contributed by atoms with Gasteiger partial charge in [0.05, 0.1) is 6.54 Å². The Bertz CT molecular complexity index is 719. The van der Waals surface area contributed by atoms with Crippen molar-refractivity contribution in [3.63, 3.8) is 0 Å². The van der Waals surface area contributed by atoms with Crippen LogP contribution < -0.4 is 5.73 Å². The fourth-order valence-electron chi connectivity index (χ4n) is 2.42. The highest BCUT2D eigenvalue weighted by atomic mass is 32.1. The van der Waals surface area contributed by atoms with Gasteiger partial charge >= 0.3 is 6.09 Å². The van der Waals surface area contributed by atoms with Gasteiger partial charge in [-0.2, -0.15) is 0 Å². The second-order valence-electron chi connectivity index (χ2n) is 6.54. The molecule has 2 aromatic rings. The van der Waals surface area contributed by atoms with Crippen molar-refractivity contribution in [2.24, 2.45) is 0 Å². The number of nitrogens with two attached hydrogens (primary N) is 1. The number of rotatable bonds is 1. The molecule has 0 aromatic carbocycles. The number of carbonyl (C=O) groups excluding carboxylic acids is 1. The maximum Gasteiger partial charge on any atom is 0.410 e. The predicted molar refractivity (Wildman–Crippen MR) is 90.1 cm³/mol. The molecule has 0 radical (unpaired) electrons. The largest absolute Gasteiger partial charge is 0.444 e. The van der Waals surface area contributed by atoms with E-state index in [0.717, 1.165) is 16.9 Å². The van der Waals surface area contributed by atoms with Crippen LogP contribution in [0.5, 0.6) is 0 Å². The third-order valence-corrected chi connectivity index (χ3v) is 4.76. The molecule has 0 fully saturated rings. The number of anilines is 1. The molecule has 0 saturated heterocycles. The van der Waals surface area contributed by atoms with Crippen LogP contribution in [0.15, 0.2) is 18.5 Å². The first-order chi connectivity index (χ1) is 10.8. The van der Waals surface area contributed by atoms with Gasteiger partial charge in [-0.05, 0) is 38.8 Å². The maximum atomic E-state index is 12.2. The minimum atomic E-state index is -0.474. The second kappa shape index (κ2) is 5.81. The molecule has 3 heterocycles. The predicted octanol–water partition coefficient (Wildman–Crippen LogP) is 3.08. The molecule has 23 heavy (non-hydrogen) atoms. The van der Waals surface area contributed by atoms with E-state index in [4.69, 9.17) is 10.5 Å². The number of thiophene rings is 1. The Morgan fingerprint density at radius 1 is 1.35 bits per heavy atom. The molecule has 6 nitrogen and oxygen atoms in total. The Morgan fingerprint density at radius 3 is 2.70 bits per heavy atom. The normalized spacial score (nSPS) is 14.5. The van der Waals surface area contributed by atoms with Gasteiger partial charge in [0.25, 0.3) is 0 Å². The van der Waals surface area contributed by atoms with Crippen molar-refractivity contribution in [3.05, 3.63) is 28.9 Å². The molecular weight excluding hydrogens is 312 g/mol. The lowest BCUT2D eigenvalue weighted by molar-refractivity contribution is 0.0225. The lowest BCUT2D eigenvalue weighted by Gasteiger charge is -2.29. The van der Waals surface area contributed by atoms with Crippen LogP contribution in [0.3, 0.4) is 0 Å². The van der Waals surface area contributed by atoms with Crippen molar-refractivity contribution in [3.8, 4) is 10.4 Å². The first kappa shape index (κ1) is 15.7. The summed E-state index contributed by atoms with van der Waals surface area (Å²) in [5.41, 5.74) is 7.17. The van der Waals surface area contributed by atoms with Crippen molar-refractivity contribution in [2.45, 2.75) is 39.3 Å². The van der Waals surface area contributed by atoms with E-state index in [0.29, 0.717) is 13.1 Å². The minimum absolute atomic E-state index is 0.258. The zero-order valence-corrected chi connectivity index (χ0v) is 14.3. The SMILES string of the molecule is CC(C)(C)OC(=O)N1CCc2sc(-c3cnc(N)nc3)cc2C1. The van der Waals surface area contributed by atoms with Gasteiger partial charge in [-0.1, -0.05) is 0 Å². The van der Waals surface area contributed by atoms with E-state index in [1.807, 2.05) is 20.8 Å². The topological polar surface area (TPSA) is 81.3 Å². The summed E-state index contributed by atoms with van der Waals surface area (Å²) in [7, 11) is 0. The van der Waals surface area contributed by atoms with Crippen LogP contribution in [0.2, 0.25) is 0 Å². The molecule has 0 saturated carbocycles. The highest BCUT2D eigenvalue weighted by Gasteiger charge is 2.27. The summed E-state index contributed by atoms with van der Waals surface area (Å²) in [5.74, 6) is 0.270. The highest BCUT2D eigenvalue weighted by Crippen LogP contribution is 2.34. The van der Waals surface area contributed by atoms with Crippen molar-refractivity contribution >= 4 is 23.4 Å². The average molecular weight is 332 g/mol. The molecule has 122 valence electrons.